The highest BCUT2D eigenvalue weighted by Gasteiger charge is 2.46. The molecule has 0 aromatic heterocycles. The zero-order valence-electron chi connectivity index (χ0n) is 10.8. The van der Waals surface area contributed by atoms with Crippen LogP contribution in [0, 0.1) is 11.3 Å². The maximum atomic E-state index is 12.1. The Morgan fingerprint density at radius 2 is 1.83 bits per heavy atom. The van der Waals surface area contributed by atoms with Crippen molar-refractivity contribution in [1.82, 2.24) is 4.90 Å². The van der Waals surface area contributed by atoms with Crippen molar-refractivity contribution in [2.24, 2.45) is 11.3 Å². The summed E-state index contributed by atoms with van der Waals surface area (Å²) in [6.45, 7) is 3.78. The summed E-state index contributed by atoms with van der Waals surface area (Å²) in [6.07, 6.45) is 2.35. The van der Waals surface area contributed by atoms with E-state index in [9.17, 15) is 14.4 Å². The molecule has 1 atom stereocenters. The number of rotatable bonds is 4. The molecule has 1 heterocycles. The minimum absolute atomic E-state index is 0.122. The predicted molar refractivity (Wildman–Crippen MR) is 63.6 cm³/mol. The number of hydrogen-bond acceptors (Lipinski definition) is 3. The molecule has 0 spiro atoms. The van der Waals surface area contributed by atoms with Crippen molar-refractivity contribution in [3.8, 4) is 0 Å². The number of nitrogens with zero attached hydrogens (tertiary/aromatic N) is 1. The van der Waals surface area contributed by atoms with Crippen LogP contribution in [0.25, 0.3) is 0 Å². The number of imide groups is 1. The van der Waals surface area contributed by atoms with Crippen LogP contribution in [0.4, 0.5) is 0 Å². The molecule has 0 radical (unpaired) electrons. The molecular weight excluding hydrogens is 234 g/mol. The van der Waals surface area contributed by atoms with E-state index in [0.717, 1.165) is 12.8 Å². The average molecular weight is 253 g/mol. The Morgan fingerprint density at radius 1 is 1.33 bits per heavy atom. The fourth-order valence-corrected chi connectivity index (χ4v) is 2.69. The van der Waals surface area contributed by atoms with Crippen molar-refractivity contribution in [2.45, 2.75) is 52.0 Å². The molecule has 18 heavy (non-hydrogen) atoms. The Kier molecular flexibility index (Phi) is 3.17. The summed E-state index contributed by atoms with van der Waals surface area (Å²) in [5, 5.41) is 8.92. The number of aliphatic carboxylic acids is 1. The Morgan fingerprint density at radius 3 is 2.22 bits per heavy atom. The zero-order valence-corrected chi connectivity index (χ0v) is 10.8. The highest BCUT2D eigenvalue weighted by atomic mass is 16.4. The van der Waals surface area contributed by atoms with Gasteiger partial charge in [0.15, 0.2) is 0 Å². The lowest BCUT2D eigenvalue weighted by Gasteiger charge is -2.38. The smallest absolute Gasteiger partial charge is 0.305 e. The Hall–Kier alpha value is -1.39. The fourth-order valence-electron chi connectivity index (χ4n) is 2.69. The number of carboxylic acid groups (broad SMARTS) is 1. The molecular formula is C13H19NO4. The molecule has 0 aromatic rings. The molecule has 2 aliphatic rings. The molecule has 0 bridgehead atoms. The van der Waals surface area contributed by atoms with Crippen molar-refractivity contribution in [3.05, 3.63) is 0 Å². The first kappa shape index (κ1) is 13.1. The quantitative estimate of drug-likeness (QED) is 0.769. The molecule has 100 valence electrons. The lowest BCUT2D eigenvalue weighted by atomic mass is 9.81. The third kappa shape index (κ3) is 2.71. The van der Waals surface area contributed by atoms with Gasteiger partial charge in [-0.25, -0.2) is 0 Å². The van der Waals surface area contributed by atoms with Crippen LogP contribution in [-0.2, 0) is 14.4 Å². The number of amides is 2. The van der Waals surface area contributed by atoms with Gasteiger partial charge in [-0.05, 0) is 24.2 Å². The molecule has 1 aliphatic heterocycles. The topological polar surface area (TPSA) is 74.7 Å². The van der Waals surface area contributed by atoms with Crippen molar-refractivity contribution < 1.29 is 19.5 Å². The van der Waals surface area contributed by atoms with Gasteiger partial charge in [-0.2, -0.15) is 0 Å². The van der Waals surface area contributed by atoms with E-state index in [4.69, 9.17) is 5.11 Å². The lowest BCUT2D eigenvalue weighted by Crippen LogP contribution is -2.52. The molecule has 1 saturated carbocycles. The van der Waals surface area contributed by atoms with Crippen LogP contribution in [-0.4, -0.2) is 33.8 Å². The van der Waals surface area contributed by atoms with E-state index in [1.54, 1.807) is 0 Å². The Balaban J connectivity index is 2.17. The summed E-state index contributed by atoms with van der Waals surface area (Å²) in [7, 11) is 0. The van der Waals surface area contributed by atoms with Gasteiger partial charge in [0.1, 0.15) is 0 Å². The van der Waals surface area contributed by atoms with Crippen LogP contribution in [0.15, 0.2) is 0 Å². The third-order valence-corrected chi connectivity index (χ3v) is 3.68. The minimum Gasteiger partial charge on any atom is -0.481 e. The largest absolute Gasteiger partial charge is 0.481 e. The first-order valence-electron chi connectivity index (χ1n) is 6.37. The highest BCUT2D eigenvalue weighted by molar-refractivity contribution is 5.99. The predicted octanol–water partition coefficient (Wildman–Crippen LogP) is 1.41. The summed E-state index contributed by atoms with van der Waals surface area (Å²) in [4.78, 5) is 36.3. The summed E-state index contributed by atoms with van der Waals surface area (Å²) in [5.74, 6) is -1.18. The molecule has 1 N–H and O–H groups in total. The van der Waals surface area contributed by atoms with E-state index in [1.165, 1.54) is 4.90 Å². The monoisotopic (exact) mass is 253 g/mol. The van der Waals surface area contributed by atoms with E-state index >= 15 is 0 Å². The molecule has 5 nitrogen and oxygen atoms in total. The maximum absolute atomic E-state index is 12.1. The van der Waals surface area contributed by atoms with Crippen molar-refractivity contribution >= 4 is 17.8 Å². The van der Waals surface area contributed by atoms with Gasteiger partial charge < -0.3 is 5.11 Å². The molecule has 0 aromatic carbocycles. The first-order valence-corrected chi connectivity index (χ1v) is 6.37. The van der Waals surface area contributed by atoms with Gasteiger partial charge in [-0.15, -0.1) is 0 Å². The van der Waals surface area contributed by atoms with E-state index in [2.05, 4.69) is 0 Å². The summed E-state index contributed by atoms with van der Waals surface area (Å²) < 4.78 is 0. The molecule has 2 amide bonds. The van der Waals surface area contributed by atoms with Crippen molar-refractivity contribution in [1.29, 1.82) is 0 Å². The van der Waals surface area contributed by atoms with E-state index in [-0.39, 0.29) is 29.6 Å². The second-order valence-electron chi connectivity index (χ2n) is 6.18. The second-order valence-corrected chi connectivity index (χ2v) is 6.18. The van der Waals surface area contributed by atoms with Crippen molar-refractivity contribution in [2.75, 3.05) is 0 Å². The van der Waals surface area contributed by atoms with Crippen LogP contribution in [0.5, 0.6) is 0 Å². The van der Waals surface area contributed by atoms with Gasteiger partial charge in [0.2, 0.25) is 11.8 Å². The number of carbonyl (C=O) groups excluding carboxylic acids is 2. The molecule has 1 unspecified atom stereocenters. The summed E-state index contributed by atoms with van der Waals surface area (Å²) in [5.41, 5.74) is -0.304. The van der Waals surface area contributed by atoms with Gasteiger partial charge in [-0.3, -0.25) is 19.3 Å². The molecule has 1 saturated heterocycles. The summed E-state index contributed by atoms with van der Waals surface area (Å²) >= 11 is 0. The standard InChI is InChI=1S/C13H19NO4/c1-13(2)6-10(15)14(11(16)7-13)9(5-12(17)18)8-3-4-8/h8-9H,3-7H2,1-2H3,(H,17,18). The fraction of sp³-hybridized carbons (Fsp3) is 0.769. The van der Waals surface area contributed by atoms with Crippen LogP contribution < -0.4 is 0 Å². The first-order chi connectivity index (χ1) is 8.30. The van der Waals surface area contributed by atoms with E-state index in [1.807, 2.05) is 13.8 Å². The van der Waals surface area contributed by atoms with Gasteiger partial charge in [0.05, 0.1) is 12.5 Å². The number of hydrogen-bond donors (Lipinski definition) is 1. The zero-order chi connectivity index (χ0) is 13.5. The van der Waals surface area contributed by atoms with Gasteiger partial charge in [0.25, 0.3) is 0 Å². The molecule has 5 heteroatoms. The van der Waals surface area contributed by atoms with Crippen LogP contribution in [0.1, 0.15) is 46.0 Å². The molecule has 2 fully saturated rings. The maximum Gasteiger partial charge on any atom is 0.305 e. The second kappa shape index (κ2) is 4.37. The van der Waals surface area contributed by atoms with Crippen molar-refractivity contribution in [3.63, 3.8) is 0 Å². The Bertz CT molecular complexity index is 378. The SMILES string of the molecule is CC1(C)CC(=O)N(C(CC(=O)O)C2CC2)C(=O)C1. The third-order valence-electron chi connectivity index (χ3n) is 3.68. The lowest BCUT2D eigenvalue weighted by molar-refractivity contribution is -0.157. The van der Waals surface area contributed by atoms with Gasteiger partial charge >= 0.3 is 5.97 Å². The number of carboxylic acids is 1. The number of carbonyl (C=O) groups is 3. The molecule has 1 aliphatic carbocycles. The molecule has 2 rings (SSSR count). The number of piperidine rings is 1. The van der Waals surface area contributed by atoms with E-state index < -0.39 is 12.0 Å². The van der Waals surface area contributed by atoms with E-state index in [0.29, 0.717) is 12.8 Å². The van der Waals surface area contributed by atoms with Crippen LogP contribution >= 0.6 is 0 Å². The summed E-state index contributed by atoms with van der Waals surface area (Å²) in [6, 6.07) is -0.432. The normalized spacial score (nSPS) is 25.1. The van der Waals surface area contributed by atoms with Gasteiger partial charge in [-0.1, -0.05) is 13.8 Å². The van der Waals surface area contributed by atoms with Crippen LogP contribution in [0.3, 0.4) is 0 Å². The minimum atomic E-state index is -0.947. The van der Waals surface area contributed by atoms with Gasteiger partial charge in [0, 0.05) is 12.8 Å². The average Bonchev–Trinajstić information content (AvgIpc) is 2.94. The Labute approximate surface area is 106 Å². The number of likely N-dealkylation sites (tertiary alicyclic amines) is 1. The highest BCUT2D eigenvalue weighted by Crippen LogP contribution is 2.40. The van der Waals surface area contributed by atoms with Crippen LogP contribution in [0.2, 0.25) is 0 Å².